The summed E-state index contributed by atoms with van der Waals surface area (Å²) in [7, 11) is 4.73. The van der Waals surface area contributed by atoms with Crippen LogP contribution in [0, 0.1) is 0 Å². The van der Waals surface area contributed by atoms with E-state index in [9.17, 15) is 5.11 Å². The molecule has 1 saturated carbocycles. The summed E-state index contributed by atoms with van der Waals surface area (Å²) in [5.41, 5.74) is 1.46. The first kappa shape index (κ1) is 21.5. The third-order valence-electron chi connectivity index (χ3n) is 5.63. The molecule has 0 amide bonds. The highest BCUT2D eigenvalue weighted by Gasteiger charge is 2.24. The van der Waals surface area contributed by atoms with Gasteiger partial charge in [0.15, 0.2) is 17.3 Å². The second-order valence-corrected chi connectivity index (χ2v) is 8.03. The summed E-state index contributed by atoms with van der Waals surface area (Å²) in [4.78, 5) is 9.64. The monoisotopic (exact) mass is 443 g/mol. The number of hydrogen-bond acceptors (Lipinski definition) is 7. The molecule has 0 atom stereocenters. The molecule has 31 heavy (non-hydrogen) atoms. The van der Waals surface area contributed by atoms with E-state index in [1.165, 1.54) is 0 Å². The van der Waals surface area contributed by atoms with Crippen molar-refractivity contribution in [2.75, 3.05) is 26.6 Å². The highest BCUT2D eigenvalue weighted by molar-refractivity contribution is 6.30. The Hall–Kier alpha value is -2.77. The molecule has 7 nitrogen and oxygen atoms in total. The summed E-state index contributed by atoms with van der Waals surface area (Å²) in [6.07, 6.45) is 3.05. The number of aliphatic hydroxyl groups is 1. The van der Waals surface area contributed by atoms with Gasteiger partial charge in [0.2, 0.25) is 5.75 Å². The highest BCUT2D eigenvalue weighted by atomic mass is 35.5. The molecule has 0 saturated heterocycles. The van der Waals surface area contributed by atoms with Gasteiger partial charge in [-0.05, 0) is 56.0 Å². The zero-order valence-electron chi connectivity index (χ0n) is 17.8. The lowest BCUT2D eigenvalue weighted by molar-refractivity contribution is 0.126. The molecule has 0 bridgehead atoms. The minimum atomic E-state index is -0.228. The number of halogens is 1. The lowest BCUT2D eigenvalue weighted by atomic mass is 9.93. The van der Waals surface area contributed by atoms with Crippen molar-refractivity contribution in [1.82, 2.24) is 9.97 Å². The molecule has 8 heteroatoms. The average Bonchev–Trinajstić information content (AvgIpc) is 2.79. The van der Waals surface area contributed by atoms with E-state index in [0.29, 0.717) is 39.4 Å². The second-order valence-electron chi connectivity index (χ2n) is 7.59. The van der Waals surface area contributed by atoms with Crippen LogP contribution in [-0.2, 0) is 0 Å². The van der Waals surface area contributed by atoms with Gasteiger partial charge < -0.3 is 24.6 Å². The van der Waals surface area contributed by atoms with Crippen LogP contribution in [0.25, 0.3) is 22.3 Å². The Morgan fingerprint density at radius 3 is 2.23 bits per heavy atom. The summed E-state index contributed by atoms with van der Waals surface area (Å²) in [5.74, 6) is 2.74. The molecule has 2 aromatic carbocycles. The number of nitrogens with one attached hydrogen (secondary N) is 1. The molecular formula is C23H26ClN3O4. The maximum atomic E-state index is 9.86. The van der Waals surface area contributed by atoms with E-state index in [-0.39, 0.29) is 12.1 Å². The Morgan fingerprint density at radius 1 is 0.935 bits per heavy atom. The van der Waals surface area contributed by atoms with Crippen molar-refractivity contribution in [3.63, 3.8) is 0 Å². The first-order valence-corrected chi connectivity index (χ1v) is 10.6. The Balaban J connectivity index is 1.90. The van der Waals surface area contributed by atoms with Crippen molar-refractivity contribution in [1.29, 1.82) is 0 Å². The SMILES string of the molecule is COc1cc2c(N[C@H]3CC[C@H](O)CC3)nc(-c3ccc(Cl)cc3)nc2c(OC)c1OC. The fraction of sp³-hybridized carbons (Fsp3) is 0.391. The molecule has 164 valence electrons. The molecule has 4 rings (SSSR count). The highest BCUT2D eigenvalue weighted by Crippen LogP contribution is 2.45. The number of methoxy groups -OCH3 is 3. The van der Waals surface area contributed by atoms with E-state index in [1.807, 2.05) is 30.3 Å². The number of fused-ring (bicyclic) bond motifs is 1. The molecule has 0 aliphatic heterocycles. The van der Waals surface area contributed by atoms with Crippen LogP contribution in [0.15, 0.2) is 30.3 Å². The molecule has 0 radical (unpaired) electrons. The number of aromatic nitrogens is 2. The molecular weight excluding hydrogens is 418 g/mol. The smallest absolute Gasteiger partial charge is 0.205 e. The van der Waals surface area contributed by atoms with Crippen LogP contribution >= 0.6 is 11.6 Å². The average molecular weight is 444 g/mol. The van der Waals surface area contributed by atoms with Gasteiger partial charge in [-0.2, -0.15) is 0 Å². The zero-order valence-corrected chi connectivity index (χ0v) is 18.6. The summed E-state index contributed by atoms with van der Waals surface area (Å²) in [6.45, 7) is 0. The Morgan fingerprint density at radius 2 is 1.61 bits per heavy atom. The fourth-order valence-electron chi connectivity index (χ4n) is 3.98. The van der Waals surface area contributed by atoms with E-state index < -0.39 is 0 Å². The first-order valence-electron chi connectivity index (χ1n) is 10.2. The number of aliphatic hydroxyl groups excluding tert-OH is 1. The van der Waals surface area contributed by atoms with Crippen molar-refractivity contribution < 1.29 is 19.3 Å². The van der Waals surface area contributed by atoms with E-state index >= 15 is 0 Å². The Bertz CT molecular complexity index is 1070. The summed E-state index contributed by atoms with van der Waals surface area (Å²) < 4.78 is 16.8. The van der Waals surface area contributed by atoms with Gasteiger partial charge in [0.05, 0.1) is 32.8 Å². The number of benzene rings is 2. The van der Waals surface area contributed by atoms with Crippen LogP contribution in [0.1, 0.15) is 25.7 Å². The van der Waals surface area contributed by atoms with Gasteiger partial charge in [0.25, 0.3) is 0 Å². The van der Waals surface area contributed by atoms with Crippen LogP contribution in [0.5, 0.6) is 17.2 Å². The molecule has 1 aliphatic carbocycles. The first-order chi connectivity index (χ1) is 15.0. The third-order valence-corrected chi connectivity index (χ3v) is 5.89. The standard InChI is InChI=1S/C23H26ClN3O4/c1-29-18-12-17-19(21(31-3)20(18)30-2)26-22(13-4-6-14(24)7-5-13)27-23(17)25-15-8-10-16(28)11-9-15/h4-7,12,15-16,28H,8-11H2,1-3H3,(H,25,26,27)/t15-,16-. The maximum absolute atomic E-state index is 9.86. The van der Waals surface area contributed by atoms with E-state index in [0.717, 1.165) is 36.6 Å². The number of nitrogens with zero attached hydrogens (tertiary/aromatic N) is 2. The van der Waals surface area contributed by atoms with Crippen molar-refractivity contribution in [3.05, 3.63) is 35.4 Å². The van der Waals surface area contributed by atoms with Crippen LogP contribution in [0.4, 0.5) is 5.82 Å². The molecule has 0 spiro atoms. The molecule has 3 aromatic rings. The largest absolute Gasteiger partial charge is 0.493 e. The van der Waals surface area contributed by atoms with Crippen LogP contribution in [-0.4, -0.2) is 48.5 Å². The summed E-state index contributed by atoms with van der Waals surface area (Å²) >= 11 is 6.06. The fourth-order valence-corrected chi connectivity index (χ4v) is 4.11. The summed E-state index contributed by atoms with van der Waals surface area (Å²) in [5, 5.41) is 14.9. The van der Waals surface area contributed by atoms with Gasteiger partial charge in [0.1, 0.15) is 11.3 Å². The summed E-state index contributed by atoms with van der Waals surface area (Å²) in [6, 6.07) is 9.47. The van der Waals surface area contributed by atoms with Crippen molar-refractivity contribution in [2.45, 2.75) is 37.8 Å². The van der Waals surface area contributed by atoms with Crippen molar-refractivity contribution in [3.8, 4) is 28.6 Å². The molecule has 1 aromatic heterocycles. The van der Waals surface area contributed by atoms with Gasteiger partial charge in [-0.15, -0.1) is 0 Å². The molecule has 1 fully saturated rings. The predicted octanol–water partition coefficient (Wildman–Crippen LogP) is 4.69. The number of ether oxygens (including phenoxy) is 3. The van der Waals surface area contributed by atoms with Gasteiger partial charge in [0, 0.05) is 16.6 Å². The van der Waals surface area contributed by atoms with E-state index in [1.54, 1.807) is 21.3 Å². The maximum Gasteiger partial charge on any atom is 0.205 e. The number of hydrogen-bond donors (Lipinski definition) is 2. The quantitative estimate of drug-likeness (QED) is 0.571. The lowest BCUT2D eigenvalue weighted by Crippen LogP contribution is -2.28. The van der Waals surface area contributed by atoms with Crippen LogP contribution in [0.2, 0.25) is 5.02 Å². The normalized spacial score (nSPS) is 18.6. The minimum Gasteiger partial charge on any atom is -0.493 e. The zero-order chi connectivity index (χ0) is 22.0. The third kappa shape index (κ3) is 4.34. The van der Waals surface area contributed by atoms with E-state index in [4.69, 9.17) is 35.8 Å². The number of anilines is 1. The minimum absolute atomic E-state index is 0.207. The Labute approximate surface area is 186 Å². The van der Waals surface area contributed by atoms with E-state index in [2.05, 4.69) is 5.32 Å². The van der Waals surface area contributed by atoms with Crippen LogP contribution in [0.3, 0.4) is 0 Å². The van der Waals surface area contributed by atoms with Gasteiger partial charge in [-0.25, -0.2) is 9.97 Å². The molecule has 1 heterocycles. The van der Waals surface area contributed by atoms with Crippen LogP contribution < -0.4 is 19.5 Å². The second kappa shape index (κ2) is 9.16. The lowest BCUT2D eigenvalue weighted by Gasteiger charge is -2.27. The topological polar surface area (TPSA) is 85.7 Å². The number of rotatable bonds is 6. The van der Waals surface area contributed by atoms with Gasteiger partial charge in [-0.1, -0.05) is 11.6 Å². The molecule has 2 N–H and O–H groups in total. The molecule has 0 unspecified atom stereocenters. The van der Waals surface area contributed by atoms with Gasteiger partial charge in [-0.3, -0.25) is 0 Å². The van der Waals surface area contributed by atoms with Crippen molar-refractivity contribution >= 4 is 28.3 Å². The van der Waals surface area contributed by atoms with Crippen molar-refractivity contribution in [2.24, 2.45) is 0 Å². The van der Waals surface area contributed by atoms with Gasteiger partial charge >= 0.3 is 0 Å². The molecule has 1 aliphatic rings. The predicted molar refractivity (Wildman–Crippen MR) is 122 cm³/mol. The Kier molecular flexibility index (Phi) is 6.34.